The minimum atomic E-state index is 1.25. The summed E-state index contributed by atoms with van der Waals surface area (Å²) in [5.41, 5.74) is 7.66. The standard InChI is InChI=1S/C46H28S/c1-2-12-29(13-3-1)45-37-18-8-10-20-39(37)46(40-21-11-9-19-38(40)45)32-23-25-43-42(27-32)36-24-22-31(28-44(36)47-43)41-26-30-14-4-5-15-33(30)34-16-6-7-17-35(34)41/h1-28H. The molecule has 0 saturated heterocycles. The Morgan fingerprint density at radius 2 is 0.830 bits per heavy atom. The third kappa shape index (κ3) is 4.07. The van der Waals surface area contributed by atoms with Crippen molar-refractivity contribution in [1.82, 2.24) is 0 Å². The minimum Gasteiger partial charge on any atom is -0.135 e. The lowest BCUT2D eigenvalue weighted by atomic mass is 9.86. The molecule has 0 radical (unpaired) electrons. The minimum absolute atomic E-state index is 1.25. The fraction of sp³-hybridized carbons (Fsp3) is 0. The van der Waals surface area contributed by atoms with E-state index in [1.54, 1.807) is 0 Å². The zero-order chi connectivity index (χ0) is 30.9. The van der Waals surface area contributed by atoms with E-state index >= 15 is 0 Å². The molecule has 0 amide bonds. The maximum absolute atomic E-state index is 2.43. The van der Waals surface area contributed by atoms with Crippen LogP contribution >= 0.6 is 11.3 Å². The second kappa shape index (κ2) is 10.4. The average molecular weight is 613 g/mol. The molecule has 47 heavy (non-hydrogen) atoms. The molecule has 0 aliphatic rings. The molecular formula is C46H28S. The lowest BCUT2D eigenvalue weighted by Crippen LogP contribution is -1.90. The Hall–Kier alpha value is -5.76. The van der Waals surface area contributed by atoms with Gasteiger partial charge in [0.1, 0.15) is 0 Å². The quantitative estimate of drug-likeness (QED) is 0.138. The van der Waals surface area contributed by atoms with Crippen molar-refractivity contribution in [1.29, 1.82) is 0 Å². The molecule has 1 heteroatoms. The predicted octanol–water partition coefficient (Wildman–Crippen LogP) is 13.7. The number of rotatable bonds is 3. The molecule has 1 aromatic heterocycles. The molecule has 0 unspecified atom stereocenters. The van der Waals surface area contributed by atoms with Gasteiger partial charge in [-0.2, -0.15) is 0 Å². The summed E-state index contributed by atoms with van der Waals surface area (Å²) in [7, 11) is 0. The highest BCUT2D eigenvalue weighted by atomic mass is 32.1. The van der Waals surface area contributed by atoms with Crippen molar-refractivity contribution >= 4 is 74.6 Å². The van der Waals surface area contributed by atoms with Crippen LogP contribution in [-0.2, 0) is 0 Å². The largest absolute Gasteiger partial charge is 0.135 e. The maximum Gasteiger partial charge on any atom is 0.0361 e. The third-order valence-corrected chi connectivity index (χ3v) is 11.0. The van der Waals surface area contributed by atoms with Gasteiger partial charge in [-0.3, -0.25) is 0 Å². The van der Waals surface area contributed by atoms with Gasteiger partial charge in [0.25, 0.3) is 0 Å². The van der Waals surface area contributed by atoms with Gasteiger partial charge in [0.05, 0.1) is 0 Å². The van der Waals surface area contributed by atoms with Gasteiger partial charge in [-0.25, -0.2) is 0 Å². The Bertz CT molecular complexity index is 2780. The van der Waals surface area contributed by atoms with E-state index in [9.17, 15) is 0 Å². The molecule has 0 aliphatic heterocycles. The number of hydrogen-bond acceptors (Lipinski definition) is 1. The van der Waals surface area contributed by atoms with Gasteiger partial charge < -0.3 is 0 Å². The van der Waals surface area contributed by atoms with Gasteiger partial charge in [-0.05, 0) is 101 Å². The summed E-state index contributed by atoms with van der Waals surface area (Å²) >= 11 is 1.89. The average Bonchev–Trinajstić information content (AvgIpc) is 3.51. The van der Waals surface area contributed by atoms with E-state index < -0.39 is 0 Å². The van der Waals surface area contributed by atoms with Gasteiger partial charge in [-0.1, -0.05) is 146 Å². The molecule has 9 aromatic carbocycles. The van der Waals surface area contributed by atoms with E-state index in [0.29, 0.717) is 0 Å². The summed E-state index contributed by atoms with van der Waals surface area (Å²) in [6.45, 7) is 0. The summed E-state index contributed by atoms with van der Waals surface area (Å²) < 4.78 is 2.64. The highest BCUT2D eigenvalue weighted by Crippen LogP contribution is 2.46. The van der Waals surface area contributed by atoms with Crippen molar-refractivity contribution < 1.29 is 0 Å². The maximum atomic E-state index is 2.43. The first-order chi connectivity index (χ1) is 23.3. The Balaban J connectivity index is 1.19. The molecule has 0 nitrogen and oxygen atoms in total. The van der Waals surface area contributed by atoms with E-state index in [-0.39, 0.29) is 0 Å². The molecule has 10 aromatic rings. The summed E-state index contributed by atoms with van der Waals surface area (Å²) in [5.74, 6) is 0. The fourth-order valence-electron chi connectivity index (χ4n) is 7.75. The van der Waals surface area contributed by atoms with Crippen molar-refractivity contribution in [2.75, 3.05) is 0 Å². The number of fused-ring (bicyclic) bond motifs is 8. The van der Waals surface area contributed by atoms with Gasteiger partial charge in [0.15, 0.2) is 0 Å². The summed E-state index contributed by atoms with van der Waals surface area (Å²) in [5, 5.41) is 13.0. The van der Waals surface area contributed by atoms with Crippen molar-refractivity contribution in [3.63, 3.8) is 0 Å². The first-order valence-electron chi connectivity index (χ1n) is 16.2. The number of hydrogen-bond donors (Lipinski definition) is 0. The van der Waals surface area contributed by atoms with Crippen molar-refractivity contribution in [2.45, 2.75) is 0 Å². The van der Waals surface area contributed by atoms with Gasteiger partial charge in [-0.15, -0.1) is 11.3 Å². The topological polar surface area (TPSA) is 0 Å². The van der Waals surface area contributed by atoms with Crippen LogP contribution in [0.3, 0.4) is 0 Å². The first kappa shape index (κ1) is 26.5. The molecule has 0 spiro atoms. The third-order valence-electron chi connectivity index (χ3n) is 9.83. The van der Waals surface area contributed by atoms with Crippen LogP contribution in [0, 0.1) is 0 Å². The Morgan fingerprint density at radius 1 is 0.277 bits per heavy atom. The van der Waals surface area contributed by atoms with Crippen LogP contribution in [0.5, 0.6) is 0 Å². The SMILES string of the molecule is c1ccc(-c2c3ccccc3c(-c3ccc4sc5cc(-c6cc7ccccc7c7ccccc67)ccc5c4c3)c3ccccc23)cc1. The molecule has 10 rings (SSSR count). The number of thiophene rings is 1. The normalized spacial score (nSPS) is 11.8. The monoisotopic (exact) mass is 612 g/mol. The van der Waals surface area contributed by atoms with Gasteiger partial charge in [0, 0.05) is 20.2 Å². The molecule has 0 N–H and O–H groups in total. The van der Waals surface area contributed by atoms with Crippen molar-refractivity contribution in [3.8, 4) is 33.4 Å². The van der Waals surface area contributed by atoms with E-state index in [4.69, 9.17) is 0 Å². The Labute approximate surface area is 276 Å². The Morgan fingerprint density at radius 3 is 1.53 bits per heavy atom. The Kier molecular flexibility index (Phi) is 5.85. The molecule has 0 bridgehead atoms. The second-order valence-electron chi connectivity index (χ2n) is 12.4. The van der Waals surface area contributed by atoms with Crippen LogP contribution < -0.4 is 0 Å². The lowest BCUT2D eigenvalue weighted by Gasteiger charge is -2.17. The van der Waals surface area contributed by atoms with Crippen molar-refractivity contribution in [3.05, 3.63) is 170 Å². The summed E-state index contributed by atoms with van der Waals surface area (Å²) in [6.07, 6.45) is 0. The zero-order valence-corrected chi connectivity index (χ0v) is 26.4. The van der Waals surface area contributed by atoms with Crippen LogP contribution in [0.25, 0.3) is 96.6 Å². The summed E-state index contributed by atoms with van der Waals surface area (Å²) in [6, 6.07) is 62.7. The highest BCUT2D eigenvalue weighted by Gasteiger charge is 2.18. The second-order valence-corrected chi connectivity index (χ2v) is 13.5. The van der Waals surface area contributed by atoms with E-state index in [1.165, 1.54) is 96.6 Å². The molecule has 218 valence electrons. The number of benzene rings is 9. The smallest absolute Gasteiger partial charge is 0.0361 e. The molecule has 0 atom stereocenters. The van der Waals surface area contributed by atoms with E-state index in [1.807, 2.05) is 11.3 Å². The molecule has 0 aliphatic carbocycles. The van der Waals surface area contributed by atoms with Crippen LogP contribution in [0.2, 0.25) is 0 Å². The fourth-order valence-corrected chi connectivity index (χ4v) is 8.87. The van der Waals surface area contributed by atoms with Gasteiger partial charge in [0.2, 0.25) is 0 Å². The van der Waals surface area contributed by atoms with E-state index in [0.717, 1.165) is 0 Å². The molecular weight excluding hydrogens is 585 g/mol. The molecule has 0 fully saturated rings. The van der Waals surface area contributed by atoms with Crippen LogP contribution in [0.1, 0.15) is 0 Å². The van der Waals surface area contributed by atoms with Crippen molar-refractivity contribution in [2.24, 2.45) is 0 Å². The first-order valence-corrected chi connectivity index (χ1v) is 17.0. The molecule has 0 saturated carbocycles. The zero-order valence-electron chi connectivity index (χ0n) is 25.6. The molecule has 1 heterocycles. The van der Waals surface area contributed by atoms with E-state index in [2.05, 4.69) is 170 Å². The highest BCUT2D eigenvalue weighted by molar-refractivity contribution is 7.25. The predicted molar refractivity (Wildman–Crippen MR) is 206 cm³/mol. The van der Waals surface area contributed by atoms with Crippen LogP contribution in [0.15, 0.2) is 170 Å². The lowest BCUT2D eigenvalue weighted by molar-refractivity contribution is 1.66. The van der Waals surface area contributed by atoms with Crippen LogP contribution in [-0.4, -0.2) is 0 Å². The van der Waals surface area contributed by atoms with Crippen LogP contribution in [0.4, 0.5) is 0 Å². The summed E-state index contributed by atoms with van der Waals surface area (Å²) in [4.78, 5) is 0. The van der Waals surface area contributed by atoms with Gasteiger partial charge >= 0.3 is 0 Å².